The van der Waals surface area contributed by atoms with Gasteiger partial charge in [-0.05, 0) is 62.5 Å². The second-order valence-electron chi connectivity index (χ2n) is 8.41. The third-order valence-electron chi connectivity index (χ3n) is 6.24. The van der Waals surface area contributed by atoms with Crippen molar-refractivity contribution in [3.63, 3.8) is 0 Å². The molecule has 34 heavy (non-hydrogen) atoms. The first-order chi connectivity index (χ1) is 16.4. The highest BCUT2D eigenvalue weighted by Gasteiger charge is 2.30. The van der Waals surface area contributed by atoms with Crippen molar-refractivity contribution in [2.24, 2.45) is 5.10 Å². The normalized spacial score (nSPS) is 16.4. The van der Waals surface area contributed by atoms with E-state index in [1.807, 2.05) is 10.6 Å². The molecule has 0 bridgehead atoms. The molecule has 2 aliphatic carbocycles. The van der Waals surface area contributed by atoms with E-state index in [1.165, 1.54) is 11.1 Å². The number of carboxylic acid groups (broad SMARTS) is 1. The number of nitrogens with one attached hydrogen (secondary N) is 2. The predicted octanol–water partition coefficient (Wildman–Crippen LogP) is 3.91. The van der Waals surface area contributed by atoms with E-state index >= 15 is 0 Å². The molecular weight excluding hydrogens is 472 g/mol. The smallest absolute Gasteiger partial charge is 0.341 e. The fourth-order valence-corrected chi connectivity index (χ4v) is 5.74. The van der Waals surface area contributed by atoms with Crippen LogP contribution in [-0.4, -0.2) is 40.6 Å². The summed E-state index contributed by atoms with van der Waals surface area (Å²) < 4.78 is 7.78. The molecule has 2 heterocycles. The molecule has 1 aromatic carbocycles. The van der Waals surface area contributed by atoms with Crippen LogP contribution in [0.5, 0.6) is 5.75 Å². The molecule has 1 saturated carbocycles. The van der Waals surface area contributed by atoms with E-state index in [0.29, 0.717) is 21.8 Å². The van der Waals surface area contributed by atoms with E-state index < -0.39 is 11.4 Å². The van der Waals surface area contributed by atoms with Gasteiger partial charge in [-0.2, -0.15) is 5.10 Å². The molecule has 3 aromatic rings. The standard InChI is InChI=1S/C24H24N4O4S2/c1-25-24(33)27-26-17-4-3-5-18-15(17)10-19(34-18)13-8-9-14-20(22(13)32-2)28(12-6-7-12)11-16(21(14)29)23(30)31/h8-12H,3-7H2,1-2H3,(H,30,31)(H2,25,27,33)/b26-17+. The Morgan fingerprint density at radius 2 is 2.09 bits per heavy atom. The largest absolute Gasteiger partial charge is 0.494 e. The van der Waals surface area contributed by atoms with Crippen molar-refractivity contribution in [3.05, 3.63) is 50.6 Å². The van der Waals surface area contributed by atoms with Crippen LogP contribution in [0.3, 0.4) is 0 Å². The van der Waals surface area contributed by atoms with Gasteiger partial charge in [0.15, 0.2) is 10.9 Å². The van der Waals surface area contributed by atoms with Gasteiger partial charge in [0, 0.05) is 40.2 Å². The number of thiocarbonyl (C=S) groups is 1. The van der Waals surface area contributed by atoms with E-state index in [1.54, 1.807) is 31.6 Å². The molecule has 0 unspecified atom stereocenters. The SMILES string of the molecule is CNC(=S)N/N=C1\CCCc2sc(-c3ccc4c(=O)c(C(=O)O)cn(C5CC5)c4c3OC)cc21. The van der Waals surface area contributed by atoms with Crippen molar-refractivity contribution in [2.45, 2.75) is 38.1 Å². The number of methoxy groups -OCH3 is 1. The average Bonchev–Trinajstić information content (AvgIpc) is 3.59. The number of benzene rings is 1. The van der Waals surface area contributed by atoms with Gasteiger partial charge in [-0.3, -0.25) is 10.2 Å². The van der Waals surface area contributed by atoms with Crippen LogP contribution in [0.1, 0.15) is 52.5 Å². The van der Waals surface area contributed by atoms with Crippen molar-refractivity contribution in [1.82, 2.24) is 15.3 Å². The number of nitrogens with zero attached hydrogens (tertiary/aromatic N) is 2. The van der Waals surface area contributed by atoms with Crippen molar-refractivity contribution < 1.29 is 14.6 Å². The van der Waals surface area contributed by atoms with Gasteiger partial charge in [-0.15, -0.1) is 11.3 Å². The fraction of sp³-hybridized carbons (Fsp3) is 0.333. The summed E-state index contributed by atoms with van der Waals surface area (Å²) >= 11 is 6.84. The highest BCUT2D eigenvalue weighted by Crippen LogP contribution is 2.45. The number of aromatic nitrogens is 1. The summed E-state index contributed by atoms with van der Waals surface area (Å²) in [6.45, 7) is 0. The third kappa shape index (κ3) is 3.86. The number of hydrazone groups is 1. The van der Waals surface area contributed by atoms with Crippen LogP contribution in [0.15, 0.2) is 34.3 Å². The number of hydrogen-bond donors (Lipinski definition) is 3. The molecule has 2 aliphatic rings. The van der Waals surface area contributed by atoms with Crippen LogP contribution >= 0.6 is 23.6 Å². The molecule has 0 spiro atoms. The number of thiophene rings is 1. The Kier molecular flexibility index (Phi) is 5.86. The lowest BCUT2D eigenvalue weighted by atomic mass is 9.96. The van der Waals surface area contributed by atoms with Crippen LogP contribution in [-0.2, 0) is 6.42 Å². The Morgan fingerprint density at radius 3 is 2.76 bits per heavy atom. The summed E-state index contributed by atoms with van der Waals surface area (Å²) in [5.41, 5.74) is 5.77. The number of rotatable bonds is 5. The Morgan fingerprint density at radius 1 is 1.29 bits per heavy atom. The lowest BCUT2D eigenvalue weighted by Gasteiger charge is -2.17. The zero-order valence-electron chi connectivity index (χ0n) is 18.8. The van der Waals surface area contributed by atoms with Gasteiger partial charge in [0.1, 0.15) is 5.56 Å². The molecule has 0 saturated heterocycles. The number of aromatic carboxylic acids is 1. The summed E-state index contributed by atoms with van der Waals surface area (Å²) in [6.07, 6.45) is 6.19. The van der Waals surface area contributed by atoms with Crippen LogP contribution in [0.2, 0.25) is 0 Å². The Hall–Kier alpha value is -3.24. The minimum Gasteiger partial charge on any atom is -0.494 e. The highest BCUT2D eigenvalue weighted by atomic mass is 32.1. The summed E-state index contributed by atoms with van der Waals surface area (Å²) in [5, 5.41) is 17.8. The van der Waals surface area contributed by atoms with Gasteiger partial charge in [-0.25, -0.2) is 4.79 Å². The number of carboxylic acids is 1. The van der Waals surface area contributed by atoms with Crippen LogP contribution < -0.4 is 20.9 Å². The number of carbonyl (C=O) groups is 1. The van der Waals surface area contributed by atoms with Crippen molar-refractivity contribution in [1.29, 1.82) is 0 Å². The first-order valence-electron chi connectivity index (χ1n) is 11.1. The maximum absolute atomic E-state index is 12.9. The molecule has 10 heteroatoms. The molecule has 176 valence electrons. The van der Waals surface area contributed by atoms with Crippen molar-refractivity contribution in [2.75, 3.05) is 14.2 Å². The number of hydrogen-bond acceptors (Lipinski definition) is 6. The minimum atomic E-state index is -1.21. The third-order valence-corrected chi connectivity index (χ3v) is 7.77. The highest BCUT2D eigenvalue weighted by molar-refractivity contribution is 7.80. The number of ether oxygens (including phenoxy) is 1. The maximum Gasteiger partial charge on any atom is 0.341 e. The number of pyridine rings is 1. The molecule has 1 fully saturated rings. The van der Waals surface area contributed by atoms with Gasteiger partial charge in [-0.1, -0.05) is 0 Å². The molecule has 0 atom stereocenters. The van der Waals surface area contributed by atoms with E-state index in [-0.39, 0.29) is 11.6 Å². The predicted molar refractivity (Wildman–Crippen MR) is 138 cm³/mol. The maximum atomic E-state index is 12.9. The molecule has 8 nitrogen and oxygen atoms in total. The van der Waals surface area contributed by atoms with E-state index in [4.69, 9.17) is 17.0 Å². The topological polar surface area (TPSA) is 105 Å². The van der Waals surface area contributed by atoms with Crippen molar-refractivity contribution in [3.8, 4) is 16.2 Å². The first kappa shape index (κ1) is 22.5. The summed E-state index contributed by atoms with van der Waals surface area (Å²) in [6, 6.07) is 5.87. The summed E-state index contributed by atoms with van der Waals surface area (Å²) in [4.78, 5) is 26.9. The Bertz CT molecular complexity index is 1420. The van der Waals surface area contributed by atoms with E-state index in [0.717, 1.165) is 53.8 Å². The molecule has 0 aliphatic heterocycles. The van der Waals surface area contributed by atoms with E-state index in [9.17, 15) is 14.7 Å². The molecule has 5 rings (SSSR count). The molecular formula is C24H24N4O4S2. The van der Waals surface area contributed by atoms with Crippen LogP contribution in [0.25, 0.3) is 21.3 Å². The zero-order chi connectivity index (χ0) is 24.0. The lowest BCUT2D eigenvalue weighted by molar-refractivity contribution is 0.0695. The van der Waals surface area contributed by atoms with Gasteiger partial charge >= 0.3 is 5.97 Å². The first-order valence-corrected chi connectivity index (χ1v) is 12.3. The molecule has 0 radical (unpaired) electrons. The minimum absolute atomic E-state index is 0.169. The van der Waals surface area contributed by atoms with Gasteiger partial charge < -0.3 is 19.7 Å². The monoisotopic (exact) mass is 496 g/mol. The van der Waals surface area contributed by atoms with Crippen LogP contribution in [0, 0.1) is 0 Å². The molecule has 2 aromatic heterocycles. The Labute approximate surface area is 205 Å². The van der Waals surface area contributed by atoms with Crippen molar-refractivity contribution >= 4 is 51.3 Å². The number of fused-ring (bicyclic) bond motifs is 2. The van der Waals surface area contributed by atoms with Gasteiger partial charge in [0.2, 0.25) is 5.43 Å². The van der Waals surface area contributed by atoms with Gasteiger partial charge in [0.25, 0.3) is 0 Å². The summed E-state index contributed by atoms with van der Waals surface area (Å²) in [7, 11) is 3.34. The van der Waals surface area contributed by atoms with Gasteiger partial charge in [0.05, 0.1) is 23.7 Å². The lowest BCUT2D eigenvalue weighted by Crippen LogP contribution is -2.29. The number of aryl methyl sites for hydroxylation is 1. The average molecular weight is 497 g/mol. The van der Waals surface area contributed by atoms with E-state index in [2.05, 4.69) is 21.9 Å². The fourth-order valence-electron chi connectivity index (χ4n) is 4.44. The Balaban J connectivity index is 1.67. The second kappa shape index (κ2) is 8.84. The second-order valence-corrected chi connectivity index (χ2v) is 9.95. The quantitative estimate of drug-likeness (QED) is 0.363. The van der Waals surface area contributed by atoms with Crippen LogP contribution in [0.4, 0.5) is 0 Å². The molecule has 0 amide bonds. The molecule has 3 N–H and O–H groups in total. The summed E-state index contributed by atoms with van der Waals surface area (Å²) in [5.74, 6) is -0.626. The zero-order valence-corrected chi connectivity index (χ0v) is 20.4.